The predicted molar refractivity (Wildman–Crippen MR) is 65.0 cm³/mol. The molecule has 0 aromatic carbocycles. The molecule has 1 fully saturated rings. The summed E-state index contributed by atoms with van der Waals surface area (Å²) in [6.07, 6.45) is 0.859. The van der Waals surface area contributed by atoms with Crippen LogP contribution < -0.4 is 16.6 Å². The van der Waals surface area contributed by atoms with Gasteiger partial charge in [-0.2, -0.15) is 0 Å². The van der Waals surface area contributed by atoms with Crippen LogP contribution in [0.25, 0.3) is 0 Å². The number of aliphatic hydroxyl groups is 1. The number of hydrogen-bond acceptors (Lipinski definition) is 5. The zero-order valence-corrected chi connectivity index (χ0v) is 10.2. The first-order valence-corrected chi connectivity index (χ1v) is 5.90. The molecule has 4 N–H and O–H groups in total. The average Bonchev–Trinajstić information content (AvgIpc) is 2.36. The zero-order chi connectivity index (χ0) is 13.9. The summed E-state index contributed by atoms with van der Waals surface area (Å²) in [6.45, 7) is 0.923. The predicted octanol–water partition coefficient (Wildman–Crippen LogP) is -1.67. The van der Waals surface area contributed by atoms with Crippen LogP contribution in [0.5, 0.6) is 0 Å². The molecular formula is C11H15N3O5. The molecular weight excluding hydrogens is 254 g/mol. The highest BCUT2D eigenvalue weighted by molar-refractivity contribution is 5.92. The SMILES string of the molecule is O=C(NCC1(O)CCOCC1)c1cc(=O)[nH]c(=O)[nH]1. The Morgan fingerprint density at radius 1 is 1.37 bits per heavy atom. The highest BCUT2D eigenvalue weighted by Gasteiger charge is 2.30. The maximum absolute atomic E-state index is 11.8. The van der Waals surface area contributed by atoms with Crippen LogP contribution in [0.2, 0.25) is 0 Å². The van der Waals surface area contributed by atoms with Crippen molar-refractivity contribution in [1.29, 1.82) is 0 Å². The van der Waals surface area contributed by atoms with Crippen molar-refractivity contribution in [2.24, 2.45) is 0 Å². The largest absolute Gasteiger partial charge is 0.388 e. The van der Waals surface area contributed by atoms with Crippen molar-refractivity contribution < 1.29 is 14.6 Å². The normalized spacial score (nSPS) is 17.9. The van der Waals surface area contributed by atoms with E-state index in [0.29, 0.717) is 26.1 Å². The molecule has 0 bridgehead atoms. The van der Waals surface area contributed by atoms with Gasteiger partial charge in [0.1, 0.15) is 5.69 Å². The lowest BCUT2D eigenvalue weighted by Gasteiger charge is -2.31. The van der Waals surface area contributed by atoms with Gasteiger partial charge in [-0.15, -0.1) is 0 Å². The van der Waals surface area contributed by atoms with Gasteiger partial charge < -0.3 is 20.1 Å². The molecule has 1 saturated heterocycles. The lowest BCUT2D eigenvalue weighted by Crippen LogP contribution is -2.47. The fraction of sp³-hybridized carbons (Fsp3) is 0.545. The Kier molecular flexibility index (Phi) is 3.82. The highest BCUT2D eigenvalue weighted by atomic mass is 16.5. The molecule has 104 valence electrons. The minimum Gasteiger partial charge on any atom is -0.388 e. The lowest BCUT2D eigenvalue weighted by molar-refractivity contribution is -0.0605. The average molecular weight is 269 g/mol. The van der Waals surface area contributed by atoms with Crippen molar-refractivity contribution in [1.82, 2.24) is 15.3 Å². The van der Waals surface area contributed by atoms with E-state index in [9.17, 15) is 19.5 Å². The first-order valence-electron chi connectivity index (χ1n) is 5.90. The summed E-state index contributed by atoms with van der Waals surface area (Å²) in [6, 6.07) is 0.991. The van der Waals surface area contributed by atoms with Crippen LogP contribution in [0.1, 0.15) is 23.3 Å². The smallest absolute Gasteiger partial charge is 0.326 e. The Labute approximate surface area is 107 Å². The molecule has 19 heavy (non-hydrogen) atoms. The van der Waals surface area contributed by atoms with E-state index in [1.807, 2.05) is 4.98 Å². The number of rotatable bonds is 3. The molecule has 1 amide bonds. The fourth-order valence-corrected chi connectivity index (χ4v) is 1.86. The maximum Gasteiger partial charge on any atom is 0.326 e. The van der Waals surface area contributed by atoms with E-state index in [2.05, 4.69) is 10.3 Å². The third kappa shape index (κ3) is 3.52. The quantitative estimate of drug-likeness (QED) is 0.522. The number of amides is 1. The topological polar surface area (TPSA) is 124 Å². The first kappa shape index (κ1) is 13.5. The summed E-state index contributed by atoms with van der Waals surface area (Å²) in [5, 5.41) is 12.6. The van der Waals surface area contributed by atoms with E-state index >= 15 is 0 Å². The van der Waals surface area contributed by atoms with Crippen LogP contribution >= 0.6 is 0 Å². The zero-order valence-electron chi connectivity index (χ0n) is 10.2. The molecule has 8 heteroatoms. The second-order valence-electron chi connectivity index (χ2n) is 4.52. The monoisotopic (exact) mass is 269 g/mol. The minimum absolute atomic E-state index is 0.0457. The number of carbonyl (C=O) groups is 1. The summed E-state index contributed by atoms with van der Waals surface area (Å²) >= 11 is 0. The molecule has 1 aromatic heterocycles. The van der Waals surface area contributed by atoms with Crippen LogP contribution in [-0.2, 0) is 4.74 Å². The Balaban J connectivity index is 2.01. The third-order valence-electron chi connectivity index (χ3n) is 3.01. The molecule has 1 aliphatic heterocycles. The second-order valence-corrected chi connectivity index (χ2v) is 4.52. The lowest BCUT2D eigenvalue weighted by atomic mass is 9.94. The molecule has 0 saturated carbocycles. The summed E-state index contributed by atoms with van der Waals surface area (Å²) in [5.74, 6) is -0.608. The molecule has 0 aliphatic carbocycles. The Morgan fingerprint density at radius 2 is 2.05 bits per heavy atom. The molecule has 1 aromatic rings. The van der Waals surface area contributed by atoms with Crippen LogP contribution in [-0.4, -0.2) is 46.3 Å². The standard InChI is InChI=1S/C11H15N3O5/c15-8-5-7(13-10(17)14-8)9(16)12-6-11(18)1-3-19-4-2-11/h5,18H,1-4,6H2,(H,12,16)(H2,13,14,15,17). The molecule has 0 atom stereocenters. The highest BCUT2D eigenvalue weighted by Crippen LogP contribution is 2.19. The Bertz CT molecular complexity index is 542. The number of nitrogens with one attached hydrogen (secondary N) is 3. The van der Waals surface area contributed by atoms with Crippen molar-refractivity contribution in [3.05, 3.63) is 32.6 Å². The summed E-state index contributed by atoms with van der Waals surface area (Å²) in [5.41, 5.74) is -2.54. The number of aromatic nitrogens is 2. The summed E-state index contributed by atoms with van der Waals surface area (Å²) in [7, 11) is 0. The number of hydrogen-bond donors (Lipinski definition) is 4. The second kappa shape index (κ2) is 5.37. The molecule has 1 aliphatic rings. The van der Waals surface area contributed by atoms with E-state index in [0.717, 1.165) is 6.07 Å². The molecule has 0 spiro atoms. The van der Waals surface area contributed by atoms with Crippen molar-refractivity contribution in [2.45, 2.75) is 18.4 Å². The van der Waals surface area contributed by atoms with Crippen LogP contribution in [0.4, 0.5) is 0 Å². The van der Waals surface area contributed by atoms with Crippen molar-refractivity contribution in [3.63, 3.8) is 0 Å². The van der Waals surface area contributed by atoms with Crippen LogP contribution in [0.3, 0.4) is 0 Å². The Morgan fingerprint density at radius 3 is 2.68 bits per heavy atom. The molecule has 0 radical (unpaired) electrons. The van der Waals surface area contributed by atoms with Crippen molar-refractivity contribution >= 4 is 5.91 Å². The van der Waals surface area contributed by atoms with E-state index in [4.69, 9.17) is 4.74 Å². The van der Waals surface area contributed by atoms with Gasteiger partial charge in [-0.05, 0) is 0 Å². The van der Waals surface area contributed by atoms with Gasteiger partial charge in [0.05, 0.1) is 5.60 Å². The Hall–Kier alpha value is -1.93. The van der Waals surface area contributed by atoms with E-state index in [-0.39, 0.29) is 12.2 Å². The maximum atomic E-state index is 11.8. The van der Waals surface area contributed by atoms with E-state index in [1.54, 1.807) is 0 Å². The molecule has 0 unspecified atom stereocenters. The number of ether oxygens (including phenoxy) is 1. The van der Waals surface area contributed by atoms with E-state index < -0.39 is 22.8 Å². The fourth-order valence-electron chi connectivity index (χ4n) is 1.86. The van der Waals surface area contributed by atoms with Crippen molar-refractivity contribution in [2.75, 3.05) is 19.8 Å². The number of carbonyl (C=O) groups excluding carboxylic acids is 1. The number of H-pyrrole nitrogens is 2. The minimum atomic E-state index is -1.00. The number of aromatic amines is 2. The summed E-state index contributed by atoms with van der Waals surface area (Å²) < 4.78 is 5.12. The summed E-state index contributed by atoms with van der Waals surface area (Å²) in [4.78, 5) is 38.0. The van der Waals surface area contributed by atoms with Gasteiger partial charge in [-0.25, -0.2) is 4.79 Å². The van der Waals surface area contributed by atoms with Gasteiger partial charge in [0, 0.05) is 38.7 Å². The third-order valence-corrected chi connectivity index (χ3v) is 3.01. The molecule has 2 heterocycles. The van der Waals surface area contributed by atoms with Crippen LogP contribution in [0, 0.1) is 0 Å². The molecule has 8 nitrogen and oxygen atoms in total. The van der Waals surface area contributed by atoms with Gasteiger partial charge in [-0.1, -0.05) is 0 Å². The van der Waals surface area contributed by atoms with Crippen molar-refractivity contribution in [3.8, 4) is 0 Å². The van der Waals surface area contributed by atoms with Gasteiger partial charge in [0.2, 0.25) is 0 Å². The molecule has 2 rings (SSSR count). The first-order chi connectivity index (χ1) is 8.98. The van der Waals surface area contributed by atoms with E-state index in [1.165, 1.54) is 0 Å². The van der Waals surface area contributed by atoms with Gasteiger partial charge in [0.15, 0.2) is 0 Å². The van der Waals surface area contributed by atoms with Gasteiger partial charge >= 0.3 is 5.69 Å². The van der Waals surface area contributed by atoms with Crippen LogP contribution in [0.15, 0.2) is 15.7 Å². The van der Waals surface area contributed by atoms with Gasteiger partial charge in [0.25, 0.3) is 11.5 Å². The van der Waals surface area contributed by atoms with Gasteiger partial charge in [-0.3, -0.25) is 14.6 Å².